The molecule has 0 saturated carbocycles. The number of rotatable bonds is 6. The molecule has 1 aliphatic rings. The summed E-state index contributed by atoms with van der Waals surface area (Å²) in [4.78, 5) is 2.36. The monoisotopic (exact) mass is 362 g/mol. The van der Waals surface area contributed by atoms with E-state index < -0.39 is 0 Å². The van der Waals surface area contributed by atoms with Gasteiger partial charge in [-0.05, 0) is 55.1 Å². The lowest BCUT2D eigenvalue weighted by Crippen LogP contribution is -2.34. The first-order valence-electron chi connectivity index (χ1n) is 9.68. The molecule has 1 fully saturated rings. The highest BCUT2D eigenvalue weighted by Gasteiger charge is 2.16. The largest absolute Gasteiger partial charge is 0.399 e. The number of hydrogen-bond acceptors (Lipinski definition) is 3. The number of hydrogen-bond donors (Lipinski definition) is 1. The zero-order valence-electron chi connectivity index (χ0n) is 16.4. The molecule has 3 heteroatoms. The maximum Gasteiger partial charge on any atom is 0.0720 e. The van der Waals surface area contributed by atoms with E-state index in [1.54, 1.807) is 0 Å². The van der Waals surface area contributed by atoms with Gasteiger partial charge in [-0.3, -0.25) is 0 Å². The van der Waals surface area contributed by atoms with Gasteiger partial charge in [-0.1, -0.05) is 55.1 Å². The summed E-state index contributed by atoms with van der Waals surface area (Å²) in [6.45, 7) is 8.82. The van der Waals surface area contributed by atoms with E-state index >= 15 is 0 Å². The van der Waals surface area contributed by atoms with E-state index in [0.717, 1.165) is 37.1 Å². The van der Waals surface area contributed by atoms with Gasteiger partial charge in [0.25, 0.3) is 0 Å². The molecule has 0 aliphatic carbocycles. The van der Waals surface area contributed by atoms with Crippen molar-refractivity contribution in [3.63, 3.8) is 0 Å². The second-order valence-corrected chi connectivity index (χ2v) is 7.34. The zero-order valence-corrected chi connectivity index (χ0v) is 16.4. The summed E-state index contributed by atoms with van der Waals surface area (Å²) in [5.74, 6) is 0. The SMILES string of the molecule is C=C(N)c1ccc(-c2ccc(COC3CCN(C)CC3)cc2)cc1/C=C\C. The van der Waals surface area contributed by atoms with Crippen LogP contribution in [0.1, 0.15) is 36.5 Å². The van der Waals surface area contributed by atoms with Gasteiger partial charge < -0.3 is 15.4 Å². The minimum Gasteiger partial charge on any atom is -0.399 e. The highest BCUT2D eigenvalue weighted by atomic mass is 16.5. The quantitative estimate of drug-likeness (QED) is 0.792. The van der Waals surface area contributed by atoms with Gasteiger partial charge in [0.05, 0.1) is 12.7 Å². The molecule has 0 bridgehead atoms. The Morgan fingerprint density at radius 3 is 2.44 bits per heavy atom. The van der Waals surface area contributed by atoms with Crippen molar-refractivity contribution in [3.05, 3.63) is 71.8 Å². The molecule has 3 nitrogen and oxygen atoms in total. The third-order valence-electron chi connectivity index (χ3n) is 5.18. The van der Waals surface area contributed by atoms with E-state index in [-0.39, 0.29) is 0 Å². The highest BCUT2D eigenvalue weighted by Crippen LogP contribution is 2.26. The summed E-state index contributed by atoms with van der Waals surface area (Å²) < 4.78 is 6.10. The maximum absolute atomic E-state index is 6.10. The lowest BCUT2D eigenvalue weighted by molar-refractivity contribution is 0.00214. The molecule has 2 aromatic rings. The van der Waals surface area contributed by atoms with Crippen molar-refractivity contribution in [3.8, 4) is 11.1 Å². The molecule has 0 amide bonds. The number of piperidine rings is 1. The van der Waals surface area contributed by atoms with Crippen LogP contribution in [0.3, 0.4) is 0 Å². The van der Waals surface area contributed by atoms with Crippen LogP contribution in [-0.2, 0) is 11.3 Å². The van der Waals surface area contributed by atoms with Crippen molar-refractivity contribution >= 4 is 11.8 Å². The fourth-order valence-corrected chi connectivity index (χ4v) is 3.51. The summed E-state index contributed by atoms with van der Waals surface area (Å²) >= 11 is 0. The van der Waals surface area contributed by atoms with Gasteiger partial charge in [0.15, 0.2) is 0 Å². The van der Waals surface area contributed by atoms with Gasteiger partial charge >= 0.3 is 0 Å². The molecular weight excluding hydrogens is 332 g/mol. The Balaban J connectivity index is 1.68. The van der Waals surface area contributed by atoms with Crippen LogP contribution in [0.4, 0.5) is 0 Å². The van der Waals surface area contributed by atoms with Gasteiger partial charge in [0.2, 0.25) is 0 Å². The van der Waals surface area contributed by atoms with E-state index in [2.05, 4.69) is 61.0 Å². The molecule has 2 N–H and O–H groups in total. The van der Waals surface area contributed by atoms with Crippen molar-refractivity contribution in [2.45, 2.75) is 32.5 Å². The summed E-state index contributed by atoms with van der Waals surface area (Å²) in [5, 5.41) is 0. The summed E-state index contributed by atoms with van der Waals surface area (Å²) in [7, 11) is 2.17. The topological polar surface area (TPSA) is 38.5 Å². The molecule has 3 rings (SSSR count). The predicted octanol–water partition coefficient (Wildman–Crippen LogP) is 4.93. The lowest BCUT2D eigenvalue weighted by Gasteiger charge is -2.28. The first-order valence-corrected chi connectivity index (χ1v) is 9.68. The molecule has 0 atom stereocenters. The number of ether oxygens (including phenoxy) is 1. The van der Waals surface area contributed by atoms with Gasteiger partial charge in [-0.25, -0.2) is 0 Å². The average Bonchev–Trinajstić information content (AvgIpc) is 2.68. The Bertz CT molecular complexity index is 800. The van der Waals surface area contributed by atoms with Crippen molar-refractivity contribution in [1.82, 2.24) is 4.90 Å². The van der Waals surface area contributed by atoms with Crippen LogP contribution in [0.25, 0.3) is 22.9 Å². The zero-order chi connectivity index (χ0) is 19.2. The third-order valence-corrected chi connectivity index (χ3v) is 5.18. The fourth-order valence-electron chi connectivity index (χ4n) is 3.51. The van der Waals surface area contributed by atoms with Crippen molar-refractivity contribution in [1.29, 1.82) is 0 Å². The number of nitrogens with zero attached hydrogens (tertiary/aromatic N) is 1. The van der Waals surface area contributed by atoms with Crippen LogP contribution in [0, 0.1) is 0 Å². The lowest BCUT2D eigenvalue weighted by atomic mass is 9.97. The van der Waals surface area contributed by atoms with Crippen LogP contribution in [0.2, 0.25) is 0 Å². The Kier molecular flexibility index (Phi) is 6.49. The molecule has 0 spiro atoms. The number of benzene rings is 2. The Morgan fingerprint density at radius 1 is 1.15 bits per heavy atom. The molecule has 0 radical (unpaired) electrons. The molecule has 27 heavy (non-hydrogen) atoms. The molecule has 0 unspecified atom stereocenters. The second kappa shape index (κ2) is 9.03. The van der Waals surface area contributed by atoms with Crippen molar-refractivity contribution in [2.75, 3.05) is 20.1 Å². The summed E-state index contributed by atoms with van der Waals surface area (Å²) in [6, 6.07) is 15.0. The number of nitrogens with two attached hydrogens (primary N) is 1. The van der Waals surface area contributed by atoms with Crippen LogP contribution < -0.4 is 5.73 Å². The minimum atomic E-state index is 0.390. The average molecular weight is 363 g/mol. The smallest absolute Gasteiger partial charge is 0.0720 e. The molecular formula is C24H30N2O. The van der Waals surface area contributed by atoms with E-state index in [4.69, 9.17) is 10.5 Å². The Labute approximate surface area is 163 Å². The molecule has 0 aromatic heterocycles. The molecule has 1 aliphatic heterocycles. The van der Waals surface area contributed by atoms with Gasteiger partial charge in [-0.15, -0.1) is 0 Å². The third kappa shape index (κ3) is 5.09. The van der Waals surface area contributed by atoms with Crippen molar-refractivity contribution in [2.24, 2.45) is 5.73 Å². The van der Waals surface area contributed by atoms with Crippen LogP contribution >= 0.6 is 0 Å². The molecule has 142 valence electrons. The first kappa shape index (κ1) is 19.4. The normalized spacial score (nSPS) is 16.1. The van der Waals surface area contributed by atoms with Gasteiger partial charge in [0.1, 0.15) is 0 Å². The standard InChI is InChI=1S/C24H30N2O/c1-4-5-22-16-21(10-11-24(22)18(2)25)20-8-6-19(7-9-20)17-27-23-12-14-26(3)15-13-23/h4-11,16,23H,2,12-15,17,25H2,1,3H3/b5-4-. The van der Waals surface area contributed by atoms with Crippen LogP contribution in [0.15, 0.2) is 55.1 Å². The fraction of sp³-hybridized carbons (Fsp3) is 0.333. The number of likely N-dealkylation sites (tertiary alicyclic amines) is 1. The summed E-state index contributed by atoms with van der Waals surface area (Å²) in [5.41, 5.74) is 12.2. The highest BCUT2D eigenvalue weighted by molar-refractivity contribution is 5.76. The summed E-state index contributed by atoms with van der Waals surface area (Å²) in [6.07, 6.45) is 6.74. The Morgan fingerprint density at radius 2 is 1.81 bits per heavy atom. The van der Waals surface area contributed by atoms with E-state index in [9.17, 15) is 0 Å². The van der Waals surface area contributed by atoms with E-state index in [0.29, 0.717) is 18.4 Å². The Hall–Kier alpha value is -2.36. The first-order chi connectivity index (χ1) is 13.1. The maximum atomic E-state index is 6.10. The van der Waals surface area contributed by atoms with Gasteiger partial charge in [-0.2, -0.15) is 0 Å². The molecule has 1 saturated heterocycles. The van der Waals surface area contributed by atoms with Crippen LogP contribution in [0.5, 0.6) is 0 Å². The minimum absolute atomic E-state index is 0.390. The van der Waals surface area contributed by atoms with Crippen LogP contribution in [-0.4, -0.2) is 31.1 Å². The van der Waals surface area contributed by atoms with E-state index in [1.807, 2.05) is 19.1 Å². The van der Waals surface area contributed by atoms with E-state index in [1.165, 1.54) is 16.7 Å². The number of allylic oxidation sites excluding steroid dienone is 1. The molecule has 2 aromatic carbocycles. The second-order valence-electron chi connectivity index (χ2n) is 7.34. The predicted molar refractivity (Wildman–Crippen MR) is 115 cm³/mol. The van der Waals surface area contributed by atoms with Crippen molar-refractivity contribution < 1.29 is 4.74 Å². The molecule has 1 heterocycles. The van der Waals surface area contributed by atoms with Gasteiger partial charge in [0, 0.05) is 24.4 Å².